The molecule has 1 aliphatic rings. The molecule has 1 fully saturated rings. The van der Waals surface area contributed by atoms with Crippen molar-refractivity contribution >= 4 is 23.5 Å². The minimum atomic E-state index is -0.891. The molecule has 0 spiro atoms. The van der Waals surface area contributed by atoms with Crippen LogP contribution in [0.15, 0.2) is 18.2 Å². The third kappa shape index (κ3) is 4.75. The number of carbonyl (C=O) groups is 2. The number of carbonyl (C=O) groups excluding carboxylic acids is 2. The summed E-state index contributed by atoms with van der Waals surface area (Å²) in [6.45, 7) is 6.34. The molecule has 1 aromatic carbocycles. The predicted molar refractivity (Wildman–Crippen MR) is 99.6 cm³/mol. The van der Waals surface area contributed by atoms with E-state index in [0.29, 0.717) is 29.7 Å². The Morgan fingerprint density at radius 3 is 2.48 bits per heavy atom. The van der Waals surface area contributed by atoms with E-state index in [1.54, 1.807) is 6.07 Å². The number of methoxy groups -OCH3 is 1. The van der Waals surface area contributed by atoms with Crippen molar-refractivity contribution in [3.63, 3.8) is 0 Å². The van der Waals surface area contributed by atoms with Crippen LogP contribution >= 0.6 is 11.6 Å². The normalized spacial score (nSPS) is 23.4. The number of ether oxygens (including phenoxy) is 1. The molecule has 1 aliphatic carbocycles. The van der Waals surface area contributed by atoms with Crippen LogP contribution in [0.2, 0.25) is 5.02 Å². The van der Waals surface area contributed by atoms with Gasteiger partial charge in [0, 0.05) is 5.02 Å². The Morgan fingerprint density at radius 2 is 1.96 bits per heavy atom. The first kappa shape index (κ1) is 19.8. The van der Waals surface area contributed by atoms with E-state index in [1.807, 2.05) is 19.1 Å². The van der Waals surface area contributed by atoms with Crippen LogP contribution in [-0.4, -0.2) is 24.5 Å². The van der Waals surface area contributed by atoms with E-state index in [-0.39, 0.29) is 18.3 Å². The zero-order valence-electron chi connectivity index (χ0n) is 15.5. The van der Waals surface area contributed by atoms with Gasteiger partial charge in [0.2, 0.25) is 5.91 Å². The van der Waals surface area contributed by atoms with Crippen molar-refractivity contribution in [3.05, 3.63) is 34.3 Å². The minimum Gasteiger partial charge on any atom is -0.467 e. The quantitative estimate of drug-likeness (QED) is 0.800. The van der Waals surface area contributed by atoms with Crippen molar-refractivity contribution in [1.82, 2.24) is 5.32 Å². The highest BCUT2D eigenvalue weighted by Crippen LogP contribution is 2.36. The van der Waals surface area contributed by atoms with Crippen LogP contribution in [0.25, 0.3) is 0 Å². The van der Waals surface area contributed by atoms with Crippen LogP contribution in [0.3, 0.4) is 0 Å². The molecule has 0 bridgehead atoms. The number of amides is 1. The van der Waals surface area contributed by atoms with Gasteiger partial charge in [-0.15, -0.1) is 0 Å². The fourth-order valence-electron chi connectivity index (χ4n) is 3.72. The first-order chi connectivity index (χ1) is 11.8. The minimum absolute atomic E-state index is 0.154. The second kappa shape index (κ2) is 8.22. The van der Waals surface area contributed by atoms with Gasteiger partial charge in [0.1, 0.15) is 5.54 Å². The maximum atomic E-state index is 12.6. The Kier molecular flexibility index (Phi) is 6.50. The Morgan fingerprint density at radius 1 is 1.32 bits per heavy atom. The highest BCUT2D eigenvalue weighted by molar-refractivity contribution is 6.30. The fourth-order valence-corrected chi connectivity index (χ4v) is 3.94. The summed E-state index contributed by atoms with van der Waals surface area (Å²) in [7, 11) is 1.38. The van der Waals surface area contributed by atoms with Crippen LogP contribution in [-0.2, 0) is 20.7 Å². The summed E-state index contributed by atoms with van der Waals surface area (Å²) >= 11 is 5.97. The van der Waals surface area contributed by atoms with E-state index in [2.05, 4.69) is 19.2 Å². The van der Waals surface area contributed by atoms with Crippen molar-refractivity contribution < 1.29 is 14.3 Å². The second-order valence-electron chi connectivity index (χ2n) is 7.45. The number of halogens is 1. The summed E-state index contributed by atoms with van der Waals surface area (Å²) in [6, 6.07) is 5.48. The lowest BCUT2D eigenvalue weighted by atomic mass is 9.72. The Labute approximate surface area is 155 Å². The van der Waals surface area contributed by atoms with E-state index in [9.17, 15) is 9.59 Å². The maximum Gasteiger partial charge on any atom is 0.331 e. The van der Waals surface area contributed by atoms with Crippen molar-refractivity contribution in [1.29, 1.82) is 0 Å². The summed E-state index contributed by atoms with van der Waals surface area (Å²) < 4.78 is 5.01. The third-order valence-corrected chi connectivity index (χ3v) is 5.67. The van der Waals surface area contributed by atoms with Crippen LogP contribution in [0.1, 0.15) is 50.7 Å². The molecule has 4 nitrogen and oxygen atoms in total. The Balaban J connectivity index is 2.09. The molecule has 1 N–H and O–H groups in total. The first-order valence-electron chi connectivity index (χ1n) is 8.92. The molecule has 2 rings (SSSR count). The van der Waals surface area contributed by atoms with Gasteiger partial charge in [-0.25, -0.2) is 4.79 Å². The van der Waals surface area contributed by atoms with Gasteiger partial charge in [-0.05, 0) is 67.7 Å². The van der Waals surface area contributed by atoms with Crippen molar-refractivity contribution in [2.45, 2.75) is 58.4 Å². The Hall–Kier alpha value is -1.55. The number of esters is 1. The fraction of sp³-hybridized carbons (Fsp3) is 0.600. The van der Waals surface area contributed by atoms with Crippen LogP contribution < -0.4 is 5.32 Å². The largest absolute Gasteiger partial charge is 0.467 e. The molecule has 1 amide bonds. The van der Waals surface area contributed by atoms with Gasteiger partial charge in [0.15, 0.2) is 0 Å². The first-order valence-corrected chi connectivity index (χ1v) is 9.29. The van der Waals surface area contributed by atoms with E-state index in [1.165, 1.54) is 7.11 Å². The SMILES string of the molecule is COC(=O)C1(NC(=O)Cc2ccc(Cl)cc2C)CCC(C(C)C)CC1. The molecule has 25 heavy (non-hydrogen) atoms. The molecule has 0 aromatic heterocycles. The predicted octanol–water partition coefficient (Wildman–Crippen LogP) is 4.07. The van der Waals surface area contributed by atoms with E-state index in [4.69, 9.17) is 16.3 Å². The van der Waals surface area contributed by atoms with Gasteiger partial charge in [0.05, 0.1) is 13.5 Å². The molecular weight excluding hydrogens is 338 g/mol. The molecule has 0 saturated heterocycles. The lowest BCUT2D eigenvalue weighted by Gasteiger charge is -2.39. The summed E-state index contributed by atoms with van der Waals surface area (Å²) in [6.07, 6.45) is 3.34. The average Bonchev–Trinajstić information content (AvgIpc) is 2.57. The van der Waals surface area contributed by atoms with E-state index in [0.717, 1.165) is 24.0 Å². The molecule has 1 aromatic rings. The van der Waals surface area contributed by atoms with Gasteiger partial charge >= 0.3 is 5.97 Å². The molecule has 0 radical (unpaired) electrons. The smallest absolute Gasteiger partial charge is 0.331 e. The van der Waals surface area contributed by atoms with Gasteiger partial charge in [-0.3, -0.25) is 4.79 Å². The lowest BCUT2D eigenvalue weighted by molar-refractivity contribution is -0.153. The van der Waals surface area contributed by atoms with Crippen LogP contribution in [0.4, 0.5) is 0 Å². The third-order valence-electron chi connectivity index (χ3n) is 5.44. The zero-order valence-corrected chi connectivity index (χ0v) is 16.3. The number of aryl methyl sites for hydroxylation is 1. The van der Waals surface area contributed by atoms with Crippen molar-refractivity contribution in [3.8, 4) is 0 Å². The highest BCUT2D eigenvalue weighted by Gasteiger charge is 2.44. The van der Waals surface area contributed by atoms with Crippen molar-refractivity contribution in [2.24, 2.45) is 11.8 Å². The topological polar surface area (TPSA) is 55.4 Å². The van der Waals surface area contributed by atoms with Crippen molar-refractivity contribution in [2.75, 3.05) is 7.11 Å². The van der Waals surface area contributed by atoms with Gasteiger partial charge in [-0.2, -0.15) is 0 Å². The lowest BCUT2D eigenvalue weighted by Crippen LogP contribution is -2.57. The standard InChI is InChI=1S/C20H28ClNO3/c1-13(2)15-7-9-20(10-8-15,19(24)25-4)22-18(23)12-16-5-6-17(21)11-14(16)3/h5-6,11,13,15H,7-10,12H2,1-4H3,(H,22,23). The molecule has 138 valence electrons. The molecule has 0 heterocycles. The van der Waals surface area contributed by atoms with Gasteiger partial charge in [-0.1, -0.05) is 31.5 Å². The average molecular weight is 366 g/mol. The molecule has 0 unspecified atom stereocenters. The zero-order chi connectivity index (χ0) is 18.6. The van der Waals surface area contributed by atoms with E-state index >= 15 is 0 Å². The molecule has 0 aliphatic heterocycles. The maximum absolute atomic E-state index is 12.6. The highest BCUT2D eigenvalue weighted by atomic mass is 35.5. The molecule has 1 saturated carbocycles. The molecule has 0 atom stereocenters. The number of nitrogens with one attached hydrogen (secondary N) is 1. The molecule has 5 heteroatoms. The summed E-state index contributed by atoms with van der Waals surface area (Å²) in [5.41, 5.74) is 0.994. The second-order valence-corrected chi connectivity index (χ2v) is 7.89. The number of rotatable bonds is 5. The van der Waals surface area contributed by atoms with Crippen LogP contribution in [0.5, 0.6) is 0 Å². The number of benzene rings is 1. The summed E-state index contributed by atoms with van der Waals surface area (Å²) in [5, 5.41) is 3.64. The monoisotopic (exact) mass is 365 g/mol. The molecular formula is C20H28ClNO3. The summed E-state index contributed by atoms with van der Waals surface area (Å²) in [4.78, 5) is 25.0. The van der Waals surface area contributed by atoms with Gasteiger partial charge in [0.25, 0.3) is 0 Å². The number of hydrogen-bond acceptors (Lipinski definition) is 3. The van der Waals surface area contributed by atoms with Crippen LogP contribution in [0, 0.1) is 18.8 Å². The summed E-state index contributed by atoms with van der Waals surface area (Å²) in [5.74, 6) is 0.686. The van der Waals surface area contributed by atoms with Gasteiger partial charge < -0.3 is 10.1 Å². The number of hydrogen-bond donors (Lipinski definition) is 1. The Bertz CT molecular complexity index is 634. The van der Waals surface area contributed by atoms with E-state index < -0.39 is 5.54 Å².